The molecule has 0 unspecified atom stereocenters. The van der Waals surface area contributed by atoms with Crippen LogP contribution in [0.3, 0.4) is 0 Å². The number of thiocarbonyl (C=S) groups is 1. The van der Waals surface area contributed by atoms with Gasteiger partial charge in [-0.3, -0.25) is 9.69 Å². The summed E-state index contributed by atoms with van der Waals surface area (Å²) in [6.45, 7) is 0.290. The van der Waals surface area contributed by atoms with Gasteiger partial charge in [0.25, 0.3) is 5.91 Å². The Hall–Kier alpha value is -2.57. The smallest absolute Gasteiger partial charge is 0.281 e. The van der Waals surface area contributed by atoms with Gasteiger partial charge in [0, 0.05) is 7.05 Å². The summed E-state index contributed by atoms with van der Waals surface area (Å²) in [4.78, 5) is 16.2. The number of halogens is 3. The summed E-state index contributed by atoms with van der Waals surface area (Å²) in [5, 5.41) is 1.80. The summed E-state index contributed by atoms with van der Waals surface area (Å²) < 4.78 is 5.82. The van der Waals surface area contributed by atoms with Crippen molar-refractivity contribution in [2.24, 2.45) is 0 Å². The van der Waals surface area contributed by atoms with E-state index in [1.54, 1.807) is 42.3 Å². The molecule has 4 nitrogen and oxygen atoms in total. The minimum atomic E-state index is -0.195. The number of anilines is 1. The minimum absolute atomic E-state index is 0.195. The summed E-state index contributed by atoms with van der Waals surface area (Å²) in [6, 6.07) is 20.0. The van der Waals surface area contributed by atoms with E-state index in [4.69, 9.17) is 51.8 Å². The van der Waals surface area contributed by atoms with E-state index in [0.29, 0.717) is 38.2 Å². The molecule has 0 bridgehead atoms. The van der Waals surface area contributed by atoms with Crippen molar-refractivity contribution >= 4 is 69.8 Å². The van der Waals surface area contributed by atoms with E-state index in [2.05, 4.69) is 0 Å². The zero-order valence-electron chi connectivity index (χ0n) is 16.9. The zero-order valence-corrected chi connectivity index (χ0v) is 20.0. The van der Waals surface area contributed by atoms with Crippen molar-refractivity contribution in [1.82, 2.24) is 4.90 Å². The molecule has 3 aromatic carbocycles. The summed E-state index contributed by atoms with van der Waals surface area (Å²) in [5.74, 6) is 0.326. The second kappa shape index (κ2) is 9.51. The van der Waals surface area contributed by atoms with E-state index in [-0.39, 0.29) is 5.91 Å². The van der Waals surface area contributed by atoms with Gasteiger partial charge in [0.05, 0.1) is 20.8 Å². The number of carbonyl (C=O) groups excluding carboxylic acids is 1. The second-order valence-electron chi connectivity index (χ2n) is 7.07. The van der Waals surface area contributed by atoms with Gasteiger partial charge in [-0.15, -0.1) is 0 Å². The van der Waals surface area contributed by atoms with Crippen molar-refractivity contribution < 1.29 is 9.53 Å². The third-order valence-electron chi connectivity index (χ3n) is 4.91. The molecule has 0 N–H and O–H groups in total. The Morgan fingerprint density at radius 1 is 0.938 bits per heavy atom. The number of amides is 1. The maximum atomic E-state index is 13.0. The van der Waals surface area contributed by atoms with E-state index in [1.165, 1.54) is 4.90 Å². The molecule has 4 rings (SSSR count). The first-order valence-electron chi connectivity index (χ1n) is 9.60. The minimum Gasteiger partial charge on any atom is -0.487 e. The van der Waals surface area contributed by atoms with Crippen molar-refractivity contribution in [2.75, 3.05) is 11.9 Å². The number of benzene rings is 3. The van der Waals surface area contributed by atoms with Gasteiger partial charge in [-0.05, 0) is 65.8 Å². The molecule has 0 spiro atoms. The third-order valence-corrected chi connectivity index (χ3v) is 6.40. The van der Waals surface area contributed by atoms with Gasteiger partial charge in [-0.1, -0.05) is 65.1 Å². The first-order valence-corrected chi connectivity index (χ1v) is 11.1. The normalized spacial score (nSPS) is 15.1. The summed E-state index contributed by atoms with van der Waals surface area (Å²) in [7, 11) is 1.77. The predicted molar refractivity (Wildman–Crippen MR) is 135 cm³/mol. The van der Waals surface area contributed by atoms with Crippen molar-refractivity contribution in [3.05, 3.63) is 98.6 Å². The molecule has 0 aromatic heterocycles. The summed E-state index contributed by atoms with van der Waals surface area (Å²) in [6.07, 6.45) is 1.76. The Morgan fingerprint density at radius 3 is 2.38 bits per heavy atom. The first kappa shape index (κ1) is 22.6. The van der Waals surface area contributed by atoms with Crippen LogP contribution in [0.4, 0.5) is 5.69 Å². The van der Waals surface area contributed by atoms with Crippen LogP contribution in [-0.4, -0.2) is 23.0 Å². The molecule has 0 aliphatic carbocycles. The Labute approximate surface area is 206 Å². The van der Waals surface area contributed by atoms with Gasteiger partial charge >= 0.3 is 0 Å². The van der Waals surface area contributed by atoms with E-state index in [9.17, 15) is 4.79 Å². The van der Waals surface area contributed by atoms with E-state index in [0.717, 1.165) is 16.8 Å². The molecule has 1 amide bonds. The van der Waals surface area contributed by atoms with Crippen molar-refractivity contribution in [3.8, 4) is 5.75 Å². The standard InChI is InChI=1S/C24H17Cl3N2O2S/c1-28-21(23(30)29(24(28)32)17-5-3-2-4-6-17)13-15-8-10-22(20(27)11-15)31-14-16-7-9-18(25)19(26)12-16/h2-13H,14H2,1H3/b21-13-. The Kier molecular flexibility index (Phi) is 6.72. The van der Waals surface area contributed by atoms with Crippen LogP contribution in [0.2, 0.25) is 15.1 Å². The Morgan fingerprint density at radius 2 is 1.69 bits per heavy atom. The Balaban J connectivity index is 1.53. The number of carbonyl (C=O) groups is 1. The van der Waals surface area contributed by atoms with Crippen LogP contribution in [0.1, 0.15) is 11.1 Å². The predicted octanol–water partition coefficient (Wildman–Crippen LogP) is 6.83. The fourth-order valence-electron chi connectivity index (χ4n) is 3.23. The lowest BCUT2D eigenvalue weighted by Gasteiger charge is -2.16. The monoisotopic (exact) mass is 502 g/mol. The van der Waals surface area contributed by atoms with Crippen molar-refractivity contribution in [2.45, 2.75) is 6.61 Å². The third kappa shape index (κ3) is 4.62. The van der Waals surface area contributed by atoms with E-state index in [1.807, 2.05) is 42.5 Å². The van der Waals surface area contributed by atoms with Crippen molar-refractivity contribution in [3.63, 3.8) is 0 Å². The summed E-state index contributed by atoms with van der Waals surface area (Å²) >= 11 is 23.9. The van der Waals surface area contributed by atoms with Crippen LogP contribution >= 0.6 is 47.0 Å². The number of likely N-dealkylation sites (N-methyl/N-ethyl adjacent to an activating group) is 1. The highest BCUT2D eigenvalue weighted by Gasteiger charge is 2.36. The molecule has 3 aromatic rings. The van der Waals surface area contributed by atoms with E-state index >= 15 is 0 Å². The lowest BCUT2D eigenvalue weighted by Crippen LogP contribution is -2.30. The van der Waals surface area contributed by atoms with Gasteiger partial charge in [0.15, 0.2) is 5.11 Å². The highest BCUT2D eigenvalue weighted by molar-refractivity contribution is 7.80. The van der Waals surface area contributed by atoms with Gasteiger partial charge in [0.2, 0.25) is 0 Å². The van der Waals surface area contributed by atoms with Gasteiger partial charge in [0.1, 0.15) is 18.1 Å². The fourth-order valence-corrected chi connectivity index (χ4v) is 4.08. The highest BCUT2D eigenvalue weighted by Crippen LogP contribution is 2.31. The second-order valence-corrected chi connectivity index (χ2v) is 8.66. The molecule has 1 saturated heterocycles. The first-order chi connectivity index (χ1) is 15.3. The SMILES string of the molecule is CN1C(=S)N(c2ccccc2)C(=O)/C1=C/c1ccc(OCc2ccc(Cl)c(Cl)c2)c(Cl)c1. The van der Waals surface area contributed by atoms with Gasteiger partial charge in [-0.25, -0.2) is 0 Å². The molecular formula is C24H17Cl3N2O2S. The van der Waals surface area contributed by atoms with Crippen LogP contribution < -0.4 is 9.64 Å². The summed E-state index contributed by atoms with van der Waals surface area (Å²) in [5.41, 5.74) is 2.81. The van der Waals surface area contributed by atoms with Crippen LogP contribution in [-0.2, 0) is 11.4 Å². The molecule has 0 saturated carbocycles. The average molecular weight is 504 g/mol. The molecule has 1 heterocycles. The number of ether oxygens (including phenoxy) is 1. The highest BCUT2D eigenvalue weighted by atomic mass is 35.5. The molecule has 1 aliphatic rings. The van der Waals surface area contributed by atoms with Gasteiger partial charge < -0.3 is 9.64 Å². The van der Waals surface area contributed by atoms with Crippen LogP contribution in [0, 0.1) is 0 Å². The Bertz CT molecular complexity index is 1230. The molecule has 0 atom stereocenters. The number of hydrogen-bond acceptors (Lipinski definition) is 3. The topological polar surface area (TPSA) is 32.8 Å². The largest absolute Gasteiger partial charge is 0.487 e. The van der Waals surface area contributed by atoms with E-state index < -0.39 is 0 Å². The van der Waals surface area contributed by atoms with Crippen LogP contribution in [0.25, 0.3) is 6.08 Å². The number of rotatable bonds is 5. The van der Waals surface area contributed by atoms with Crippen LogP contribution in [0.5, 0.6) is 5.75 Å². The molecular weight excluding hydrogens is 487 g/mol. The molecule has 162 valence electrons. The maximum Gasteiger partial charge on any atom is 0.281 e. The average Bonchev–Trinajstić information content (AvgIpc) is 2.99. The van der Waals surface area contributed by atoms with Crippen molar-refractivity contribution in [1.29, 1.82) is 0 Å². The number of nitrogens with zero attached hydrogens (tertiary/aromatic N) is 2. The molecule has 32 heavy (non-hydrogen) atoms. The lowest BCUT2D eigenvalue weighted by atomic mass is 10.1. The molecule has 1 fully saturated rings. The lowest BCUT2D eigenvalue weighted by molar-refractivity contribution is -0.114. The number of hydrogen-bond donors (Lipinski definition) is 0. The fraction of sp³-hybridized carbons (Fsp3) is 0.0833. The molecule has 1 aliphatic heterocycles. The molecule has 0 radical (unpaired) electrons. The molecule has 8 heteroatoms. The maximum absolute atomic E-state index is 13.0. The number of para-hydroxylation sites is 1. The quantitative estimate of drug-likeness (QED) is 0.282. The van der Waals surface area contributed by atoms with Gasteiger partial charge in [-0.2, -0.15) is 0 Å². The van der Waals surface area contributed by atoms with Crippen LogP contribution in [0.15, 0.2) is 72.4 Å². The zero-order chi connectivity index (χ0) is 22.8.